The van der Waals surface area contributed by atoms with E-state index in [0.29, 0.717) is 12.2 Å². The van der Waals surface area contributed by atoms with Crippen molar-refractivity contribution in [2.75, 3.05) is 13.2 Å². The molecule has 1 N–H and O–H groups in total. The van der Waals surface area contributed by atoms with Gasteiger partial charge >= 0.3 is 11.9 Å². The Kier molecular flexibility index (Phi) is 6.56. The van der Waals surface area contributed by atoms with Crippen LogP contribution in [0.5, 0.6) is 0 Å². The molecule has 1 unspecified atom stereocenters. The number of rotatable bonds is 6. The van der Waals surface area contributed by atoms with E-state index in [-0.39, 0.29) is 19.1 Å². The zero-order chi connectivity index (χ0) is 15.0. The van der Waals surface area contributed by atoms with E-state index in [1.54, 1.807) is 19.9 Å². The fraction of sp³-hybridized carbons (Fsp3) is 0.467. The number of allylic oxidation sites excluding steroid dienone is 3. The van der Waals surface area contributed by atoms with Crippen molar-refractivity contribution >= 4 is 11.9 Å². The average Bonchev–Trinajstić information content (AvgIpc) is 2.38. The SMILES string of the molecule is CCOC(=O)C/C(=C\C1C=CC=C(C)N1)C(=O)OCC. The standard InChI is InChI=1S/C15H21NO4/c1-4-19-14(17)10-12(15(18)20-5-2)9-13-8-6-7-11(3)16-13/h6-9,13,16H,4-5,10H2,1-3H3/b12-9+. The van der Waals surface area contributed by atoms with Crippen LogP contribution in [-0.2, 0) is 19.1 Å². The van der Waals surface area contributed by atoms with Crippen LogP contribution in [0.15, 0.2) is 35.6 Å². The molecular weight excluding hydrogens is 258 g/mol. The Morgan fingerprint density at radius 1 is 1.30 bits per heavy atom. The predicted molar refractivity (Wildman–Crippen MR) is 75.8 cm³/mol. The zero-order valence-corrected chi connectivity index (χ0v) is 12.1. The minimum Gasteiger partial charge on any atom is -0.466 e. The van der Waals surface area contributed by atoms with Gasteiger partial charge in [0.15, 0.2) is 0 Å². The summed E-state index contributed by atoms with van der Waals surface area (Å²) in [7, 11) is 0. The van der Waals surface area contributed by atoms with Crippen molar-refractivity contribution < 1.29 is 19.1 Å². The van der Waals surface area contributed by atoms with Gasteiger partial charge in [-0.3, -0.25) is 4.79 Å². The Morgan fingerprint density at radius 3 is 2.60 bits per heavy atom. The molecule has 1 atom stereocenters. The van der Waals surface area contributed by atoms with Crippen molar-refractivity contribution in [1.82, 2.24) is 5.32 Å². The lowest BCUT2D eigenvalue weighted by Gasteiger charge is -2.17. The maximum absolute atomic E-state index is 11.9. The number of hydrogen-bond donors (Lipinski definition) is 1. The highest BCUT2D eigenvalue weighted by Crippen LogP contribution is 2.11. The second-order valence-corrected chi connectivity index (χ2v) is 4.30. The monoisotopic (exact) mass is 279 g/mol. The molecule has 0 bridgehead atoms. The highest BCUT2D eigenvalue weighted by atomic mass is 16.5. The van der Waals surface area contributed by atoms with Gasteiger partial charge in [0, 0.05) is 11.3 Å². The molecule has 5 nitrogen and oxygen atoms in total. The van der Waals surface area contributed by atoms with Gasteiger partial charge < -0.3 is 14.8 Å². The summed E-state index contributed by atoms with van der Waals surface area (Å²) in [5.74, 6) is -0.915. The van der Waals surface area contributed by atoms with Crippen LogP contribution < -0.4 is 5.32 Å². The summed E-state index contributed by atoms with van der Waals surface area (Å²) >= 11 is 0. The molecule has 110 valence electrons. The first-order chi connectivity index (χ1) is 9.56. The second-order valence-electron chi connectivity index (χ2n) is 4.30. The van der Waals surface area contributed by atoms with Gasteiger partial charge in [0.2, 0.25) is 0 Å². The Balaban J connectivity index is 2.81. The van der Waals surface area contributed by atoms with Crippen LogP contribution in [0.3, 0.4) is 0 Å². The predicted octanol–water partition coefficient (Wildman–Crippen LogP) is 1.86. The van der Waals surface area contributed by atoms with E-state index in [2.05, 4.69) is 5.32 Å². The highest BCUT2D eigenvalue weighted by molar-refractivity contribution is 5.94. The molecule has 0 radical (unpaired) electrons. The topological polar surface area (TPSA) is 64.6 Å². The number of nitrogens with one attached hydrogen (secondary N) is 1. The molecule has 0 aromatic rings. The number of carbonyl (C=O) groups excluding carboxylic acids is 2. The number of hydrogen-bond acceptors (Lipinski definition) is 5. The maximum atomic E-state index is 11.9. The van der Waals surface area contributed by atoms with Crippen molar-refractivity contribution in [3.8, 4) is 0 Å². The first kappa shape index (κ1) is 16.0. The van der Waals surface area contributed by atoms with E-state index in [4.69, 9.17) is 9.47 Å². The van der Waals surface area contributed by atoms with Crippen molar-refractivity contribution in [2.45, 2.75) is 33.2 Å². The van der Waals surface area contributed by atoms with Gasteiger partial charge in [-0.25, -0.2) is 4.79 Å². The lowest BCUT2D eigenvalue weighted by molar-refractivity contribution is -0.145. The van der Waals surface area contributed by atoms with Gasteiger partial charge in [-0.15, -0.1) is 0 Å². The smallest absolute Gasteiger partial charge is 0.334 e. The fourth-order valence-corrected chi connectivity index (χ4v) is 1.78. The highest BCUT2D eigenvalue weighted by Gasteiger charge is 2.18. The molecule has 0 saturated heterocycles. The Bertz CT molecular complexity index is 449. The lowest BCUT2D eigenvalue weighted by Crippen LogP contribution is -2.27. The summed E-state index contributed by atoms with van der Waals surface area (Å²) in [5, 5.41) is 3.19. The molecule has 0 spiro atoms. The first-order valence-corrected chi connectivity index (χ1v) is 6.71. The maximum Gasteiger partial charge on any atom is 0.334 e. The van der Waals surface area contributed by atoms with Crippen LogP contribution >= 0.6 is 0 Å². The summed E-state index contributed by atoms with van der Waals surface area (Å²) in [6.07, 6.45) is 7.35. The molecular formula is C15H21NO4. The van der Waals surface area contributed by atoms with E-state index in [1.807, 2.05) is 25.2 Å². The number of ether oxygens (including phenoxy) is 2. The van der Waals surface area contributed by atoms with Crippen LogP contribution in [0.2, 0.25) is 0 Å². The van der Waals surface area contributed by atoms with Gasteiger partial charge in [-0.2, -0.15) is 0 Å². The number of esters is 2. The Morgan fingerprint density at radius 2 is 2.00 bits per heavy atom. The van der Waals surface area contributed by atoms with E-state index in [1.165, 1.54) is 0 Å². The molecule has 0 aromatic heterocycles. The number of carbonyl (C=O) groups is 2. The molecule has 0 aliphatic carbocycles. The summed E-state index contributed by atoms with van der Waals surface area (Å²) in [5.41, 5.74) is 1.30. The van der Waals surface area contributed by atoms with Crippen LogP contribution in [0.25, 0.3) is 0 Å². The minimum absolute atomic E-state index is 0.0819. The van der Waals surface area contributed by atoms with Gasteiger partial charge in [-0.1, -0.05) is 12.2 Å². The third kappa shape index (κ3) is 5.30. The van der Waals surface area contributed by atoms with Crippen molar-refractivity contribution in [2.24, 2.45) is 0 Å². The fourth-order valence-electron chi connectivity index (χ4n) is 1.78. The molecule has 5 heteroatoms. The van der Waals surface area contributed by atoms with Crippen molar-refractivity contribution in [1.29, 1.82) is 0 Å². The molecule has 0 amide bonds. The Labute approximate surface area is 119 Å². The average molecular weight is 279 g/mol. The first-order valence-electron chi connectivity index (χ1n) is 6.71. The van der Waals surface area contributed by atoms with Gasteiger partial charge in [0.25, 0.3) is 0 Å². The van der Waals surface area contributed by atoms with Gasteiger partial charge in [-0.05, 0) is 32.9 Å². The van der Waals surface area contributed by atoms with Crippen LogP contribution in [0, 0.1) is 0 Å². The quantitative estimate of drug-likeness (QED) is 0.594. The molecule has 1 rings (SSSR count). The van der Waals surface area contributed by atoms with E-state index >= 15 is 0 Å². The normalized spacial score (nSPS) is 18.1. The van der Waals surface area contributed by atoms with E-state index < -0.39 is 11.9 Å². The summed E-state index contributed by atoms with van der Waals surface area (Å²) in [6.45, 7) is 5.95. The molecule has 1 heterocycles. The third-order valence-electron chi connectivity index (χ3n) is 2.62. The molecule has 20 heavy (non-hydrogen) atoms. The van der Waals surface area contributed by atoms with Crippen LogP contribution in [0.1, 0.15) is 27.2 Å². The van der Waals surface area contributed by atoms with Gasteiger partial charge in [0.05, 0.1) is 25.7 Å². The Hall–Kier alpha value is -2.04. The van der Waals surface area contributed by atoms with E-state index in [0.717, 1.165) is 5.70 Å². The molecule has 1 aliphatic heterocycles. The van der Waals surface area contributed by atoms with Crippen molar-refractivity contribution in [3.63, 3.8) is 0 Å². The lowest BCUT2D eigenvalue weighted by atomic mass is 10.1. The largest absolute Gasteiger partial charge is 0.466 e. The summed E-state index contributed by atoms with van der Waals surface area (Å²) < 4.78 is 9.84. The molecule has 0 aromatic carbocycles. The van der Waals surface area contributed by atoms with Gasteiger partial charge in [0.1, 0.15) is 0 Å². The van der Waals surface area contributed by atoms with Crippen LogP contribution in [0.4, 0.5) is 0 Å². The third-order valence-corrected chi connectivity index (χ3v) is 2.62. The van der Waals surface area contributed by atoms with Crippen molar-refractivity contribution in [3.05, 3.63) is 35.6 Å². The molecule has 1 aliphatic rings. The second kappa shape index (κ2) is 8.19. The number of dihydropyridines is 1. The summed E-state index contributed by atoms with van der Waals surface area (Å²) in [6, 6.07) is -0.131. The zero-order valence-electron chi connectivity index (χ0n) is 12.1. The van der Waals surface area contributed by atoms with E-state index in [9.17, 15) is 9.59 Å². The minimum atomic E-state index is -0.483. The molecule has 0 fully saturated rings. The summed E-state index contributed by atoms with van der Waals surface area (Å²) in [4.78, 5) is 23.4. The van der Waals surface area contributed by atoms with Crippen LogP contribution in [-0.4, -0.2) is 31.2 Å². The molecule has 0 saturated carbocycles.